The lowest BCUT2D eigenvalue weighted by atomic mass is 10.4. The quantitative estimate of drug-likeness (QED) is 0.216. The lowest BCUT2D eigenvalue weighted by Gasteiger charge is -2.38. The Labute approximate surface area is 167 Å². The minimum atomic E-state index is -2.28. The second kappa shape index (κ2) is 11.1. The Morgan fingerprint density at radius 1 is 0.889 bits per heavy atom. The van der Waals surface area contributed by atoms with Crippen LogP contribution >= 0.6 is 0 Å². The van der Waals surface area contributed by atoms with Crippen LogP contribution in [0.2, 0.25) is 51.9 Å². The molecule has 0 aromatic carbocycles. The van der Waals surface area contributed by atoms with Crippen molar-refractivity contribution in [2.75, 3.05) is 19.8 Å². The average Bonchev–Trinajstić information content (AvgIpc) is 2.43. The van der Waals surface area contributed by atoms with Gasteiger partial charge in [0.25, 0.3) is 0 Å². The predicted octanol–water partition coefficient (Wildman–Crippen LogP) is 4.00. The first-order valence-electron chi connectivity index (χ1n) is 9.27. The fourth-order valence-corrected chi connectivity index (χ4v) is 15.0. The second-order valence-electron chi connectivity index (χ2n) is 8.65. The number of carbonyl (C=O) groups is 2. The van der Waals surface area contributed by atoms with E-state index in [1.54, 1.807) is 6.92 Å². The number of rotatable bonds is 12. The maximum atomic E-state index is 11.7. The summed E-state index contributed by atoms with van der Waals surface area (Å²) in [6.45, 7) is 20.7. The molecule has 0 aliphatic carbocycles. The molecule has 0 spiro atoms. The van der Waals surface area contributed by atoms with Crippen molar-refractivity contribution in [1.82, 2.24) is 5.32 Å². The van der Waals surface area contributed by atoms with E-state index in [0.717, 1.165) is 12.5 Å². The number of esters is 1. The molecule has 0 rings (SSSR count). The number of alkyl carbamates (subject to hydrolysis) is 1. The van der Waals surface area contributed by atoms with Crippen LogP contribution in [0.4, 0.5) is 4.79 Å². The smallest absolute Gasteiger partial charge is 0.407 e. The van der Waals surface area contributed by atoms with Gasteiger partial charge in [-0.25, -0.2) is 9.59 Å². The molecule has 0 bridgehead atoms. The normalized spacial score (nSPS) is 12.4. The fourth-order valence-electron chi connectivity index (χ4n) is 2.46. The summed E-state index contributed by atoms with van der Waals surface area (Å²) in [5.41, 5.74) is 0.313. The maximum Gasteiger partial charge on any atom is 0.407 e. The second-order valence-corrected chi connectivity index (χ2v) is 21.5. The predicted molar refractivity (Wildman–Crippen MR) is 115 cm³/mol. The summed E-state index contributed by atoms with van der Waals surface area (Å²) in [5, 5.41) is 2.71. The summed E-state index contributed by atoms with van der Waals surface area (Å²) in [7, 11) is -5.71. The summed E-state index contributed by atoms with van der Waals surface area (Å²) >= 11 is 0. The molecule has 10 heteroatoms. The van der Waals surface area contributed by atoms with Crippen molar-refractivity contribution in [2.45, 2.75) is 65.2 Å². The first-order valence-corrected chi connectivity index (χ1v) is 18.6. The highest BCUT2D eigenvalue weighted by Gasteiger charge is 2.39. The molecule has 0 saturated carbocycles. The van der Waals surface area contributed by atoms with Crippen molar-refractivity contribution in [3.05, 3.63) is 12.2 Å². The number of carbonyl (C=O) groups excluding carboxylic acids is 2. The summed E-state index contributed by atoms with van der Waals surface area (Å²) < 4.78 is 22.7. The van der Waals surface area contributed by atoms with Crippen LogP contribution in [0.5, 0.6) is 0 Å². The highest BCUT2D eigenvalue weighted by atomic mass is 28.5. The van der Waals surface area contributed by atoms with Crippen LogP contribution in [0, 0.1) is 0 Å². The van der Waals surface area contributed by atoms with Crippen LogP contribution in [0.15, 0.2) is 12.2 Å². The monoisotopic (exact) mass is 435 g/mol. The molecule has 1 N–H and O–H groups in total. The number of amides is 1. The van der Waals surface area contributed by atoms with Crippen LogP contribution < -0.4 is 5.32 Å². The molecule has 27 heavy (non-hydrogen) atoms. The third-order valence-corrected chi connectivity index (χ3v) is 12.6. The highest BCUT2D eigenvalue weighted by molar-refractivity contribution is 6.87. The minimum absolute atomic E-state index is 0.00872. The molecule has 0 radical (unpaired) electrons. The van der Waals surface area contributed by atoms with Crippen molar-refractivity contribution in [3.63, 3.8) is 0 Å². The van der Waals surface area contributed by atoms with Gasteiger partial charge in [-0.05, 0) is 65.2 Å². The molecule has 0 aliphatic rings. The van der Waals surface area contributed by atoms with Gasteiger partial charge in [-0.3, -0.25) is 0 Å². The van der Waals surface area contributed by atoms with E-state index < -0.39 is 37.3 Å². The van der Waals surface area contributed by atoms with Crippen molar-refractivity contribution in [1.29, 1.82) is 0 Å². The zero-order chi connectivity index (χ0) is 21.3. The van der Waals surface area contributed by atoms with Gasteiger partial charge in [-0.15, -0.1) is 0 Å². The van der Waals surface area contributed by atoms with Gasteiger partial charge in [-0.1, -0.05) is 6.58 Å². The van der Waals surface area contributed by atoms with Crippen molar-refractivity contribution in [2.24, 2.45) is 0 Å². The fraction of sp³-hybridized carbons (Fsp3) is 0.765. The van der Waals surface area contributed by atoms with E-state index in [1.807, 2.05) is 0 Å². The van der Waals surface area contributed by atoms with Crippen molar-refractivity contribution >= 4 is 37.3 Å². The molecule has 0 atom stereocenters. The van der Waals surface area contributed by atoms with Gasteiger partial charge in [-0.2, -0.15) is 0 Å². The van der Waals surface area contributed by atoms with E-state index in [9.17, 15) is 9.59 Å². The molecule has 0 unspecified atom stereocenters. The van der Waals surface area contributed by atoms with E-state index in [1.165, 1.54) is 0 Å². The Bertz CT molecular complexity index is 498. The molecule has 0 saturated heterocycles. The molecule has 0 aromatic heterocycles. The molecule has 0 aromatic rings. The van der Waals surface area contributed by atoms with E-state index in [2.05, 4.69) is 57.7 Å². The first kappa shape index (κ1) is 26.1. The Balaban J connectivity index is 4.23. The first-order chi connectivity index (χ1) is 12.1. The lowest BCUT2D eigenvalue weighted by Crippen LogP contribution is -2.52. The van der Waals surface area contributed by atoms with Gasteiger partial charge < -0.3 is 23.0 Å². The SMILES string of the molecule is C=C(C)C(=O)OCCOC(=O)NCCC[Si](C)(O[Si](C)(C)C)O[Si](C)(C)C. The topological polar surface area (TPSA) is 83.1 Å². The Morgan fingerprint density at radius 3 is 1.81 bits per heavy atom. The standard InChI is InChI=1S/C17H37NO6Si3/c1-15(2)16(19)21-12-13-22-17(20)18-11-10-14-27(9,23-25(3,4)5)24-26(6,7)8/h1,10-14H2,2-9H3,(H,18,20). The molecular weight excluding hydrogens is 398 g/mol. The van der Waals surface area contributed by atoms with E-state index in [0.29, 0.717) is 12.1 Å². The zero-order valence-corrected chi connectivity index (χ0v) is 21.2. The zero-order valence-electron chi connectivity index (χ0n) is 18.2. The van der Waals surface area contributed by atoms with Crippen LogP contribution in [-0.2, 0) is 22.5 Å². The summed E-state index contributed by atoms with van der Waals surface area (Å²) in [6.07, 6.45) is 0.235. The third kappa shape index (κ3) is 14.7. The Hall–Kier alpha value is -0.949. The van der Waals surface area contributed by atoms with Crippen LogP contribution in [-0.4, -0.2) is 57.0 Å². The molecule has 0 aliphatic heterocycles. The van der Waals surface area contributed by atoms with E-state index in [4.69, 9.17) is 17.7 Å². The number of nitrogens with one attached hydrogen (secondary N) is 1. The Kier molecular flexibility index (Phi) is 10.8. The van der Waals surface area contributed by atoms with Crippen molar-refractivity contribution < 1.29 is 27.3 Å². The molecule has 1 amide bonds. The molecule has 158 valence electrons. The maximum absolute atomic E-state index is 11.7. The largest absolute Gasteiger partial charge is 0.459 e. The van der Waals surface area contributed by atoms with Crippen LogP contribution in [0.3, 0.4) is 0 Å². The van der Waals surface area contributed by atoms with Gasteiger partial charge in [0.2, 0.25) is 0 Å². The van der Waals surface area contributed by atoms with Gasteiger partial charge in [0.1, 0.15) is 13.2 Å². The van der Waals surface area contributed by atoms with Gasteiger partial charge in [0.05, 0.1) is 0 Å². The molecule has 0 heterocycles. The van der Waals surface area contributed by atoms with Gasteiger partial charge in [0.15, 0.2) is 16.6 Å². The van der Waals surface area contributed by atoms with Crippen LogP contribution in [0.1, 0.15) is 13.3 Å². The number of ether oxygens (including phenoxy) is 2. The van der Waals surface area contributed by atoms with Gasteiger partial charge in [0, 0.05) is 12.1 Å². The third-order valence-electron chi connectivity index (χ3n) is 3.02. The molecular formula is C17H37NO6Si3. The molecule has 7 nitrogen and oxygen atoms in total. The summed E-state index contributed by atoms with van der Waals surface area (Å²) in [4.78, 5) is 22.9. The minimum Gasteiger partial charge on any atom is -0.459 e. The van der Waals surface area contributed by atoms with Crippen molar-refractivity contribution in [3.8, 4) is 0 Å². The van der Waals surface area contributed by atoms with E-state index in [-0.39, 0.29) is 13.2 Å². The Morgan fingerprint density at radius 2 is 1.37 bits per heavy atom. The number of hydrogen-bond acceptors (Lipinski definition) is 6. The number of hydrogen-bond donors (Lipinski definition) is 1. The average molecular weight is 436 g/mol. The van der Waals surface area contributed by atoms with Gasteiger partial charge >= 0.3 is 20.6 Å². The summed E-state index contributed by atoms with van der Waals surface area (Å²) in [5.74, 6) is -0.493. The summed E-state index contributed by atoms with van der Waals surface area (Å²) in [6, 6.07) is 0.818. The van der Waals surface area contributed by atoms with E-state index >= 15 is 0 Å². The molecule has 0 fully saturated rings. The lowest BCUT2D eigenvalue weighted by molar-refractivity contribution is -0.139. The van der Waals surface area contributed by atoms with Crippen LogP contribution in [0.25, 0.3) is 0 Å². The highest BCUT2D eigenvalue weighted by Crippen LogP contribution is 2.25.